The van der Waals surface area contributed by atoms with Crippen LogP contribution in [0.15, 0.2) is 0 Å². The van der Waals surface area contributed by atoms with E-state index in [0.29, 0.717) is 13.2 Å². The monoisotopic (exact) mass is 209 g/mol. The van der Waals surface area contributed by atoms with E-state index in [0.717, 1.165) is 6.54 Å². The van der Waals surface area contributed by atoms with E-state index < -0.39 is 6.10 Å². The van der Waals surface area contributed by atoms with Gasteiger partial charge in [-0.05, 0) is 13.8 Å². The Labute approximate surface area is 84.4 Å². The number of hydrogen-bond acceptors (Lipinski definition) is 4. The van der Waals surface area contributed by atoms with E-state index in [4.69, 9.17) is 9.47 Å². The van der Waals surface area contributed by atoms with E-state index >= 15 is 0 Å². The number of hydrogen-bond donors (Lipinski definition) is 1. The van der Waals surface area contributed by atoms with E-state index in [-0.39, 0.29) is 24.5 Å². The topological polar surface area (TPSA) is 47.6 Å². The molecule has 0 saturated carbocycles. The van der Waals surface area contributed by atoms with Gasteiger partial charge in [0, 0.05) is 13.1 Å². The molecule has 0 radical (unpaired) electrons. The SMILES string of the molecule is CCOC(=O)[C@@H]1CNC[C@H](C)O1.Cl. The summed E-state index contributed by atoms with van der Waals surface area (Å²) in [5, 5.41) is 3.10. The van der Waals surface area contributed by atoms with E-state index in [9.17, 15) is 4.79 Å². The van der Waals surface area contributed by atoms with Gasteiger partial charge in [0.2, 0.25) is 0 Å². The molecule has 13 heavy (non-hydrogen) atoms. The van der Waals surface area contributed by atoms with Gasteiger partial charge in [-0.15, -0.1) is 12.4 Å². The highest BCUT2D eigenvalue weighted by Crippen LogP contribution is 2.04. The summed E-state index contributed by atoms with van der Waals surface area (Å²) >= 11 is 0. The summed E-state index contributed by atoms with van der Waals surface area (Å²) in [5.41, 5.74) is 0. The van der Waals surface area contributed by atoms with Gasteiger partial charge in [0.05, 0.1) is 12.7 Å². The maximum atomic E-state index is 11.2. The zero-order chi connectivity index (χ0) is 8.97. The zero-order valence-electron chi connectivity index (χ0n) is 7.91. The molecule has 0 amide bonds. The van der Waals surface area contributed by atoms with Gasteiger partial charge in [0.1, 0.15) is 0 Å². The molecule has 0 aromatic rings. The second-order valence-electron chi connectivity index (χ2n) is 2.85. The predicted molar refractivity (Wildman–Crippen MR) is 51.1 cm³/mol. The lowest BCUT2D eigenvalue weighted by Gasteiger charge is -2.26. The van der Waals surface area contributed by atoms with E-state index in [1.165, 1.54) is 0 Å². The number of nitrogens with one attached hydrogen (secondary N) is 1. The Balaban J connectivity index is 0.00000144. The van der Waals surface area contributed by atoms with Crippen LogP contribution < -0.4 is 5.32 Å². The van der Waals surface area contributed by atoms with Crippen LogP contribution in [0.5, 0.6) is 0 Å². The van der Waals surface area contributed by atoms with Crippen LogP contribution in [-0.4, -0.2) is 37.9 Å². The van der Waals surface area contributed by atoms with Crippen LogP contribution in [0.1, 0.15) is 13.8 Å². The highest BCUT2D eigenvalue weighted by Gasteiger charge is 2.26. The molecule has 1 heterocycles. The Morgan fingerprint density at radius 2 is 2.31 bits per heavy atom. The van der Waals surface area contributed by atoms with E-state index in [1.807, 2.05) is 6.92 Å². The molecule has 1 saturated heterocycles. The van der Waals surface area contributed by atoms with Gasteiger partial charge in [-0.1, -0.05) is 0 Å². The molecule has 0 spiro atoms. The van der Waals surface area contributed by atoms with Crippen molar-refractivity contribution in [1.29, 1.82) is 0 Å². The predicted octanol–water partition coefficient (Wildman–Crippen LogP) is 0.348. The molecule has 1 N–H and O–H groups in total. The van der Waals surface area contributed by atoms with Gasteiger partial charge < -0.3 is 14.8 Å². The number of rotatable bonds is 2. The largest absolute Gasteiger partial charge is 0.464 e. The van der Waals surface area contributed by atoms with Gasteiger partial charge in [0.25, 0.3) is 0 Å². The van der Waals surface area contributed by atoms with Crippen LogP contribution in [0, 0.1) is 0 Å². The van der Waals surface area contributed by atoms with Crippen LogP contribution in [0.2, 0.25) is 0 Å². The van der Waals surface area contributed by atoms with Crippen molar-refractivity contribution in [3.05, 3.63) is 0 Å². The van der Waals surface area contributed by atoms with Gasteiger partial charge >= 0.3 is 5.97 Å². The van der Waals surface area contributed by atoms with Gasteiger partial charge in [0.15, 0.2) is 6.10 Å². The first-order valence-electron chi connectivity index (χ1n) is 4.27. The molecule has 0 unspecified atom stereocenters. The summed E-state index contributed by atoms with van der Waals surface area (Å²) in [7, 11) is 0. The normalized spacial score (nSPS) is 27.5. The zero-order valence-corrected chi connectivity index (χ0v) is 8.73. The minimum absolute atomic E-state index is 0. The number of carbonyl (C=O) groups is 1. The second-order valence-corrected chi connectivity index (χ2v) is 2.85. The standard InChI is InChI=1S/C8H15NO3.ClH/c1-3-11-8(10)7-5-9-4-6(2)12-7;/h6-7,9H,3-5H2,1-2H3;1H/t6-,7-;/m0./s1. The number of carbonyl (C=O) groups excluding carboxylic acids is 1. The fourth-order valence-electron chi connectivity index (χ4n) is 1.17. The molecular formula is C8H16ClNO3. The van der Waals surface area contributed by atoms with Crippen molar-refractivity contribution in [2.45, 2.75) is 26.1 Å². The number of morpholine rings is 1. The Hall–Kier alpha value is -0.320. The smallest absolute Gasteiger partial charge is 0.336 e. The molecule has 1 fully saturated rings. The fraction of sp³-hybridized carbons (Fsp3) is 0.875. The number of halogens is 1. The molecule has 5 heteroatoms. The van der Waals surface area contributed by atoms with Crippen molar-refractivity contribution in [2.75, 3.05) is 19.7 Å². The molecule has 0 aromatic heterocycles. The van der Waals surface area contributed by atoms with Crippen molar-refractivity contribution in [2.24, 2.45) is 0 Å². The molecule has 0 aliphatic carbocycles. The summed E-state index contributed by atoms with van der Waals surface area (Å²) < 4.78 is 10.2. The van der Waals surface area contributed by atoms with Crippen LogP contribution in [-0.2, 0) is 14.3 Å². The Kier molecular flexibility index (Phi) is 6.03. The van der Waals surface area contributed by atoms with Crippen molar-refractivity contribution in [3.63, 3.8) is 0 Å². The maximum Gasteiger partial charge on any atom is 0.336 e. The third-order valence-electron chi connectivity index (χ3n) is 1.71. The average Bonchev–Trinajstić information content (AvgIpc) is 2.05. The third-order valence-corrected chi connectivity index (χ3v) is 1.71. The maximum absolute atomic E-state index is 11.2. The molecule has 1 aliphatic rings. The molecule has 4 nitrogen and oxygen atoms in total. The lowest BCUT2D eigenvalue weighted by Crippen LogP contribution is -2.47. The Bertz CT molecular complexity index is 165. The van der Waals surface area contributed by atoms with Crippen LogP contribution in [0.3, 0.4) is 0 Å². The van der Waals surface area contributed by atoms with Crippen LogP contribution in [0.4, 0.5) is 0 Å². The summed E-state index contributed by atoms with van der Waals surface area (Å²) in [6.07, 6.45) is -0.332. The van der Waals surface area contributed by atoms with Crippen molar-refractivity contribution < 1.29 is 14.3 Å². The van der Waals surface area contributed by atoms with Gasteiger partial charge in [-0.2, -0.15) is 0 Å². The third kappa shape index (κ3) is 3.93. The second kappa shape index (κ2) is 6.18. The average molecular weight is 210 g/mol. The highest BCUT2D eigenvalue weighted by atomic mass is 35.5. The summed E-state index contributed by atoms with van der Waals surface area (Å²) in [6, 6.07) is 0. The highest BCUT2D eigenvalue weighted by molar-refractivity contribution is 5.85. The van der Waals surface area contributed by atoms with Crippen molar-refractivity contribution in [3.8, 4) is 0 Å². The fourth-order valence-corrected chi connectivity index (χ4v) is 1.17. The first kappa shape index (κ1) is 12.7. The quantitative estimate of drug-likeness (QED) is 0.667. The minimum Gasteiger partial charge on any atom is -0.464 e. The lowest BCUT2D eigenvalue weighted by molar-refractivity contribution is -0.162. The molecule has 78 valence electrons. The van der Waals surface area contributed by atoms with Crippen molar-refractivity contribution >= 4 is 18.4 Å². The van der Waals surface area contributed by atoms with Crippen LogP contribution >= 0.6 is 12.4 Å². The first-order valence-corrected chi connectivity index (χ1v) is 4.27. The van der Waals surface area contributed by atoms with E-state index in [2.05, 4.69) is 5.32 Å². The summed E-state index contributed by atoms with van der Waals surface area (Å²) in [6.45, 7) is 5.49. The Morgan fingerprint density at radius 3 is 2.85 bits per heavy atom. The van der Waals surface area contributed by atoms with Gasteiger partial charge in [-0.3, -0.25) is 0 Å². The number of esters is 1. The minimum atomic E-state index is -0.423. The number of ether oxygens (including phenoxy) is 2. The first-order chi connectivity index (χ1) is 5.74. The van der Waals surface area contributed by atoms with E-state index in [1.54, 1.807) is 6.92 Å². The lowest BCUT2D eigenvalue weighted by atomic mass is 10.2. The van der Waals surface area contributed by atoms with Crippen molar-refractivity contribution in [1.82, 2.24) is 5.32 Å². The molecular weight excluding hydrogens is 194 g/mol. The summed E-state index contributed by atoms with van der Waals surface area (Å²) in [4.78, 5) is 11.2. The molecule has 1 rings (SSSR count). The molecule has 2 atom stereocenters. The molecule has 1 aliphatic heterocycles. The molecule has 0 bridgehead atoms. The molecule has 0 aromatic carbocycles. The Morgan fingerprint density at radius 1 is 1.62 bits per heavy atom. The summed E-state index contributed by atoms with van der Waals surface area (Å²) in [5.74, 6) is -0.267. The van der Waals surface area contributed by atoms with Crippen LogP contribution in [0.25, 0.3) is 0 Å². The van der Waals surface area contributed by atoms with Gasteiger partial charge in [-0.25, -0.2) is 4.79 Å².